The van der Waals surface area contributed by atoms with Crippen molar-refractivity contribution in [3.63, 3.8) is 0 Å². The first-order valence-electron chi connectivity index (χ1n) is 7.08. The first-order valence-corrected chi connectivity index (χ1v) is 7.08. The van der Waals surface area contributed by atoms with Crippen molar-refractivity contribution >= 4 is 17.9 Å². The Bertz CT molecular complexity index is 500. The lowest BCUT2D eigenvalue weighted by molar-refractivity contribution is -0.260. The van der Waals surface area contributed by atoms with Gasteiger partial charge in [-0.1, -0.05) is 0 Å². The molecule has 2 rings (SSSR count). The molecule has 130 valence electrons. The monoisotopic (exact) mass is 332 g/mol. The molecule has 2 fully saturated rings. The van der Waals surface area contributed by atoms with E-state index in [2.05, 4.69) is 4.74 Å². The summed E-state index contributed by atoms with van der Waals surface area (Å²) in [5.74, 6) is -3.08. The topological polar surface area (TPSA) is 107 Å². The fourth-order valence-corrected chi connectivity index (χ4v) is 2.62. The third-order valence-corrected chi connectivity index (χ3v) is 3.35. The maximum Gasteiger partial charge on any atom is 0.339 e. The molecule has 9 nitrogen and oxygen atoms in total. The van der Waals surface area contributed by atoms with Crippen molar-refractivity contribution in [1.29, 1.82) is 0 Å². The van der Waals surface area contributed by atoms with E-state index in [4.69, 9.17) is 23.7 Å². The zero-order chi connectivity index (χ0) is 17.4. The van der Waals surface area contributed by atoms with Crippen LogP contribution >= 0.6 is 0 Å². The Morgan fingerprint density at radius 2 is 1.52 bits per heavy atom. The zero-order valence-electron chi connectivity index (χ0n) is 13.6. The van der Waals surface area contributed by atoms with Crippen molar-refractivity contribution in [2.75, 3.05) is 7.11 Å². The van der Waals surface area contributed by atoms with E-state index >= 15 is 0 Å². The molecular formula is C14H20O9. The summed E-state index contributed by atoms with van der Waals surface area (Å²) in [6.45, 7) is 5.66. The molecule has 0 N–H and O–H groups in total. The van der Waals surface area contributed by atoms with E-state index in [0.717, 1.165) is 0 Å². The van der Waals surface area contributed by atoms with Crippen molar-refractivity contribution in [1.82, 2.24) is 0 Å². The van der Waals surface area contributed by atoms with Crippen molar-refractivity contribution in [2.24, 2.45) is 0 Å². The Labute approximate surface area is 133 Å². The minimum absolute atomic E-state index is 0.621. The maximum absolute atomic E-state index is 12.0. The van der Waals surface area contributed by atoms with Crippen LogP contribution in [0.3, 0.4) is 0 Å². The third-order valence-electron chi connectivity index (χ3n) is 3.35. The highest BCUT2D eigenvalue weighted by Crippen LogP contribution is 2.38. The van der Waals surface area contributed by atoms with Gasteiger partial charge in [0.05, 0.1) is 7.11 Å². The Morgan fingerprint density at radius 3 is 2.04 bits per heavy atom. The van der Waals surface area contributed by atoms with Crippen LogP contribution in [0.5, 0.6) is 0 Å². The molecule has 0 radical (unpaired) electrons. The number of carbonyl (C=O) groups is 3. The molecule has 2 aliphatic rings. The predicted octanol–water partition coefficient (Wildman–Crippen LogP) is -0.101. The molecular weight excluding hydrogens is 312 g/mol. The molecule has 1 unspecified atom stereocenters. The summed E-state index contributed by atoms with van der Waals surface area (Å²) in [4.78, 5) is 34.8. The molecule has 0 aromatic rings. The largest absolute Gasteiger partial charge is 0.467 e. The van der Waals surface area contributed by atoms with E-state index in [1.807, 2.05) is 0 Å². The molecule has 2 heterocycles. The lowest BCUT2D eigenvalue weighted by Gasteiger charge is -2.39. The first kappa shape index (κ1) is 17.6. The number of rotatable bonds is 3. The summed E-state index contributed by atoms with van der Waals surface area (Å²) < 4.78 is 31.8. The number of hydrogen-bond donors (Lipinski definition) is 0. The molecule has 23 heavy (non-hydrogen) atoms. The van der Waals surface area contributed by atoms with Crippen molar-refractivity contribution in [2.45, 2.75) is 64.2 Å². The summed E-state index contributed by atoms with van der Waals surface area (Å²) in [5, 5.41) is 0. The fourth-order valence-electron chi connectivity index (χ4n) is 2.62. The summed E-state index contributed by atoms with van der Waals surface area (Å²) in [6, 6.07) is 0. The second-order valence-corrected chi connectivity index (χ2v) is 5.70. The van der Waals surface area contributed by atoms with Gasteiger partial charge in [-0.25, -0.2) is 4.79 Å². The summed E-state index contributed by atoms with van der Waals surface area (Å²) in [6.07, 6.45) is -5.39. The first-order chi connectivity index (χ1) is 10.6. The van der Waals surface area contributed by atoms with Crippen LogP contribution < -0.4 is 0 Å². The van der Waals surface area contributed by atoms with Crippen molar-refractivity contribution in [3.05, 3.63) is 0 Å². The highest BCUT2D eigenvalue weighted by Gasteiger charge is 2.59. The van der Waals surface area contributed by atoms with Gasteiger partial charge >= 0.3 is 17.9 Å². The minimum Gasteiger partial charge on any atom is -0.467 e. The lowest BCUT2D eigenvalue weighted by atomic mass is 9.98. The van der Waals surface area contributed by atoms with Gasteiger partial charge in [-0.05, 0) is 13.8 Å². The number of ether oxygens (including phenoxy) is 6. The normalized spacial score (nSPS) is 35.1. The van der Waals surface area contributed by atoms with Crippen LogP contribution in [0.15, 0.2) is 0 Å². The van der Waals surface area contributed by atoms with Crippen LogP contribution in [-0.4, -0.2) is 61.5 Å². The second kappa shape index (κ2) is 6.42. The van der Waals surface area contributed by atoms with Crippen LogP contribution in [0.1, 0.15) is 27.7 Å². The second-order valence-electron chi connectivity index (χ2n) is 5.70. The van der Waals surface area contributed by atoms with Gasteiger partial charge < -0.3 is 28.4 Å². The van der Waals surface area contributed by atoms with Crippen molar-refractivity contribution in [3.8, 4) is 0 Å². The van der Waals surface area contributed by atoms with E-state index in [-0.39, 0.29) is 0 Å². The average molecular weight is 332 g/mol. The third kappa shape index (κ3) is 3.80. The van der Waals surface area contributed by atoms with Gasteiger partial charge in [0.25, 0.3) is 0 Å². The molecule has 0 saturated carbocycles. The molecule has 2 aliphatic heterocycles. The van der Waals surface area contributed by atoms with Crippen LogP contribution in [-0.2, 0) is 42.8 Å². The van der Waals surface area contributed by atoms with Gasteiger partial charge in [0.2, 0.25) is 0 Å². The Balaban J connectivity index is 2.36. The zero-order valence-corrected chi connectivity index (χ0v) is 13.6. The van der Waals surface area contributed by atoms with Crippen LogP contribution in [0.25, 0.3) is 0 Å². The van der Waals surface area contributed by atoms with Gasteiger partial charge in [-0.3, -0.25) is 9.59 Å². The van der Waals surface area contributed by atoms with Gasteiger partial charge in [-0.15, -0.1) is 0 Å². The van der Waals surface area contributed by atoms with Gasteiger partial charge in [0, 0.05) is 13.8 Å². The SMILES string of the molecule is COC(=O)[C@H]1OC2OC(C)(C)O[C@@H]2[C@@H](OC(C)=O)[C@H]1OC(C)=O. The number of hydrogen-bond acceptors (Lipinski definition) is 9. The Hall–Kier alpha value is -1.71. The molecule has 0 aromatic heterocycles. The van der Waals surface area contributed by atoms with Crippen LogP contribution in [0, 0.1) is 0 Å². The lowest BCUT2D eigenvalue weighted by Crippen LogP contribution is -2.61. The standard InChI is InChI=1S/C14H20O9/c1-6(15)19-8-9(20-7(2)16)11-13(23-14(3,4)22-11)21-10(8)12(17)18-5/h8-11,13H,1-5H3/t8-,9+,10+,11-,13?/m1/s1. The molecule has 5 atom stereocenters. The van der Waals surface area contributed by atoms with Crippen LogP contribution in [0.4, 0.5) is 0 Å². The van der Waals surface area contributed by atoms with E-state index in [1.54, 1.807) is 13.8 Å². The molecule has 2 saturated heterocycles. The Kier molecular flexibility index (Phi) is 4.92. The summed E-state index contributed by atoms with van der Waals surface area (Å²) in [7, 11) is 1.17. The summed E-state index contributed by atoms with van der Waals surface area (Å²) >= 11 is 0. The molecule has 9 heteroatoms. The average Bonchev–Trinajstić information content (AvgIpc) is 2.73. The number of methoxy groups -OCH3 is 1. The highest BCUT2D eigenvalue weighted by atomic mass is 16.8. The number of carbonyl (C=O) groups excluding carboxylic acids is 3. The van der Waals surface area contributed by atoms with E-state index in [0.29, 0.717) is 0 Å². The van der Waals surface area contributed by atoms with Gasteiger partial charge in [-0.2, -0.15) is 0 Å². The highest BCUT2D eigenvalue weighted by molar-refractivity contribution is 5.77. The molecule has 0 bridgehead atoms. The number of esters is 3. The maximum atomic E-state index is 12.0. The molecule has 0 aliphatic carbocycles. The quantitative estimate of drug-likeness (QED) is 0.517. The minimum atomic E-state index is -1.30. The van der Waals surface area contributed by atoms with Gasteiger partial charge in [0.1, 0.15) is 0 Å². The smallest absolute Gasteiger partial charge is 0.339 e. The van der Waals surface area contributed by atoms with Gasteiger partial charge in [0.15, 0.2) is 36.5 Å². The van der Waals surface area contributed by atoms with Crippen LogP contribution in [0.2, 0.25) is 0 Å². The van der Waals surface area contributed by atoms with E-state index in [9.17, 15) is 14.4 Å². The fraction of sp³-hybridized carbons (Fsp3) is 0.786. The Morgan fingerprint density at radius 1 is 0.957 bits per heavy atom. The van der Waals surface area contributed by atoms with E-state index in [1.165, 1.54) is 21.0 Å². The van der Waals surface area contributed by atoms with Crippen molar-refractivity contribution < 1.29 is 42.8 Å². The van der Waals surface area contributed by atoms with E-state index < -0.39 is 54.4 Å². The summed E-state index contributed by atoms with van der Waals surface area (Å²) in [5.41, 5.74) is 0. The molecule has 0 amide bonds. The predicted molar refractivity (Wildman–Crippen MR) is 71.8 cm³/mol. The molecule has 0 aromatic carbocycles. The number of fused-ring (bicyclic) bond motifs is 1. The molecule has 0 spiro atoms.